The third kappa shape index (κ3) is 4.39. The van der Waals surface area contributed by atoms with E-state index in [2.05, 4.69) is 42.9 Å². The van der Waals surface area contributed by atoms with Crippen LogP contribution < -0.4 is 5.32 Å². The second kappa shape index (κ2) is 9.56. The van der Waals surface area contributed by atoms with Gasteiger partial charge in [0.15, 0.2) is 6.54 Å². The van der Waals surface area contributed by atoms with Crippen LogP contribution in [0.5, 0.6) is 0 Å². The van der Waals surface area contributed by atoms with Gasteiger partial charge in [-0.1, -0.05) is 56.3 Å². The number of para-hydroxylation sites is 2. The summed E-state index contributed by atoms with van der Waals surface area (Å²) in [5.74, 6) is 1.21. The molecule has 3 aromatic rings. The first kappa shape index (κ1) is 23.7. The van der Waals surface area contributed by atoms with Gasteiger partial charge in [0, 0.05) is 36.0 Å². The number of aliphatic hydroxyl groups is 1. The minimum absolute atomic E-state index is 0.0121. The van der Waals surface area contributed by atoms with Gasteiger partial charge in [-0.15, -0.1) is 6.58 Å². The van der Waals surface area contributed by atoms with Gasteiger partial charge in [0.1, 0.15) is 12.1 Å². The molecule has 5 atom stereocenters. The Bertz CT molecular complexity index is 1230. The van der Waals surface area contributed by atoms with Crippen LogP contribution >= 0.6 is 0 Å². The van der Waals surface area contributed by atoms with Crippen molar-refractivity contribution in [2.24, 2.45) is 11.8 Å². The molecule has 3 aliphatic rings. The van der Waals surface area contributed by atoms with Gasteiger partial charge >= 0.3 is 0 Å². The summed E-state index contributed by atoms with van der Waals surface area (Å²) in [5.41, 5.74) is 3.82. The maximum atomic E-state index is 13.5. The lowest BCUT2D eigenvalue weighted by Crippen LogP contribution is -2.69. The van der Waals surface area contributed by atoms with Gasteiger partial charge in [-0.2, -0.15) is 0 Å². The normalized spacial score (nSPS) is 26.6. The number of nitrogens with one attached hydrogen (secondary N) is 1. The molecule has 5 heteroatoms. The van der Waals surface area contributed by atoms with Crippen LogP contribution in [0.15, 0.2) is 73.4 Å². The third-order valence-corrected chi connectivity index (χ3v) is 8.36. The van der Waals surface area contributed by atoms with E-state index < -0.39 is 6.10 Å². The molecule has 6 rings (SSSR count). The molecule has 2 bridgehead atoms. The second-order valence-electron chi connectivity index (χ2n) is 10.7. The Kier molecular flexibility index (Phi) is 6.47. The Morgan fingerprint density at radius 2 is 1.94 bits per heavy atom. The van der Waals surface area contributed by atoms with Crippen LogP contribution in [0.3, 0.4) is 0 Å². The molecule has 0 saturated carbocycles. The van der Waals surface area contributed by atoms with Gasteiger partial charge in [-0.05, 0) is 41.2 Å². The Hall–Kier alpha value is -3.02. The summed E-state index contributed by atoms with van der Waals surface area (Å²) in [5, 5.41) is 16.0. The number of benzene rings is 2. The summed E-state index contributed by atoms with van der Waals surface area (Å²) in [7, 11) is 0. The first-order valence-corrected chi connectivity index (χ1v) is 12.8. The van der Waals surface area contributed by atoms with Crippen molar-refractivity contribution in [3.05, 3.63) is 84.6 Å². The minimum atomic E-state index is -0.660. The highest BCUT2D eigenvalue weighted by molar-refractivity contribution is 5.92. The summed E-state index contributed by atoms with van der Waals surface area (Å²) in [6.07, 6.45) is 5.14. The molecule has 2 N–H and O–H groups in total. The average molecular weight is 471 g/mol. The van der Waals surface area contributed by atoms with Crippen molar-refractivity contribution in [3.63, 3.8) is 0 Å². The number of hydrogen-bond donors (Lipinski definition) is 2. The van der Waals surface area contributed by atoms with Crippen LogP contribution in [0.25, 0.3) is 10.9 Å². The van der Waals surface area contributed by atoms with E-state index in [0.717, 1.165) is 53.6 Å². The molecule has 2 aromatic carbocycles. The number of amides is 1. The molecule has 3 saturated heterocycles. The zero-order valence-electron chi connectivity index (χ0n) is 20.7. The predicted molar refractivity (Wildman–Crippen MR) is 141 cm³/mol. The van der Waals surface area contributed by atoms with Crippen LogP contribution in [-0.2, 0) is 4.79 Å². The summed E-state index contributed by atoms with van der Waals surface area (Å²) >= 11 is 0. The number of anilines is 1. The summed E-state index contributed by atoms with van der Waals surface area (Å²) in [6.45, 7) is 10.5. The molecule has 3 aliphatic heterocycles. The largest absolute Gasteiger partial charge is 0.382 e. The number of fused-ring (bicyclic) bond motifs is 4. The zero-order valence-corrected chi connectivity index (χ0v) is 20.7. The summed E-state index contributed by atoms with van der Waals surface area (Å²) in [6, 6.07) is 17.9. The molecule has 5 nitrogen and oxygen atoms in total. The Morgan fingerprint density at radius 3 is 2.74 bits per heavy atom. The molecule has 3 fully saturated rings. The topological polar surface area (TPSA) is 62.2 Å². The number of rotatable bonds is 7. The third-order valence-electron chi connectivity index (χ3n) is 8.36. The van der Waals surface area contributed by atoms with Gasteiger partial charge in [0.2, 0.25) is 0 Å². The lowest BCUT2D eigenvalue weighted by Gasteiger charge is -2.57. The first-order chi connectivity index (χ1) is 16.9. The molecule has 35 heavy (non-hydrogen) atoms. The number of quaternary nitrogens is 1. The molecular weight excluding hydrogens is 434 g/mol. The fraction of sp³-hybridized carbons (Fsp3) is 0.400. The molecule has 0 spiro atoms. The van der Waals surface area contributed by atoms with E-state index in [9.17, 15) is 9.90 Å². The number of hydrogen-bond acceptors (Lipinski definition) is 3. The molecule has 1 aromatic heterocycles. The van der Waals surface area contributed by atoms with Crippen LogP contribution in [0, 0.1) is 11.8 Å². The van der Waals surface area contributed by atoms with Crippen molar-refractivity contribution in [1.29, 1.82) is 0 Å². The van der Waals surface area contributed by atoms with Crippen molar-refractivity contribution in [2.45, 2.75) is 44.8 Å². The maximum absolute atomic E-state index is 13.5. The fourth-order valence-electron chi connectivity index (χ4n) is 6.55. The standard InChI is InChI=1S/C30H35N3O2/c1-4-21-18-33(19-29(34)32-27-12-8-5-9-23(27)20(2)3)16-14-22(21)17-28(33)30(35)25-13-15-31-26-11-7-6-10-24(25)26/h4-13,15,20-22,28,30,35H,1,14,16-19H2,2-3H3/p+1/t21?,22?,28?,30?,33-/m0/s1. The number of aromatic nitrogens is 1. The SMILES string of the molecule is C=CC1C[N@+]2(CC(=O)Nc3ccccc3C(C)C)CCC1CC2C(O)c1ccnc2ccccc12. The molecule has 4 heterocycles. The van der Waals surface area contributed by atoms with Gasteiger partial charge in [-0.3, -0.25) is 9.78 Å². The smallest absolute Gasteiger partial charge is 0.279 e. The Morgan fingerprint density at radius 1 is 1.17 bits per heavy atom. The first-order valence-electron chi connectivity index (χ1n) is 12.8. The molecular formula is C30H36N3O2+. The van der Waals surface area contributed by atoms with Crippen molar-refractivity contribution < 1.29 is 14.4 Å². The summed E-state index contributed by atoms with van der Waals surface area (Å²) < 4.78 is 0.598. The number of piperidine rings is 3. The number of carbonyl (C=O) groups excluding carboxylic acids is 1. The molecule has 4 unspecified atom stereocenters. The lowest BCUT2D eigenvalue weighted by molar-refractivity contribution is -0.966. The highest BCUT2D eigenvalue weighted by Crippen LogP contribution is 2.47. The lowest BCUT2D eigenvalue weighted by atomic mass is 9.71. The van der Waals surface area contributed by atoms with Crippen LogP contribution in [0.4, 0.5) is 5.69 Å². The number of aliphatic hydroxyl groups excluding tert-OH is 1. The van der Waals surface area contributed by atoms with E-state index >= 15 is 0 Å². The molecule has 1 amide bonds. The van der Waals surface area contributed by atoms with E-state index in [1.807, 2.05) is 48.5 Å². The van der Waals surface area contributed by atoms with E-state index in [-0.39, 0.29) is 11.9 Å². The van der Waals surface area contributed by atoms with E-state index in [0.29, 0.717) is 28.8 Å². The van der Waals surface area contributed by atoms with Crippen molar-refractivity contribution in [2.75, 3.05) is 25.0 Å². The minimum Gasteiger partial charge on any atom is -0.382 e. The molecule has 182 valence electrons. The average Bonchev–Trinajstić information content (AvgIpc) is 2.88. The summed E-state index contributed by atoms with van der Waals surface area (Å²) in [4.78, 5) is 18.0. The van der Waals surface area contributed by atoms with Gasteiger partial charge in [0.25, 0.3) is 5.91 Å². The highest BCUT2D eigenvalue weighted by atomic mass is 16.3. The monoisotopic (exact) mass is 470 g/mol. The molecule has 0 aliphatic carbocycles. The quantitative estimate of drug-likeness (QED) is 0.357. The van der Waals surface area contributed by atoms with Gasteiger partial charge in [0.05, 0.1) is 18.6 Å². The van der Waals surface area contributed by atoms with Crippen LogP contribution in [0.2, 0.25) is 0 Å². The van der Waals surface area contributed by atoms with Crippen molar-refractivity contribution in [1.82, 2.24) is 4.98 Å². The highest BCUT2D eigenvalue weighted by Gasteiger charge is 2.54. The van der Waals surface area contributed by atoms with Crippen LogP contribution in [0.1, 0.15) is 49.8 Å². The zero-order chi connectivity index (χ0) is 24.6. The Labute approximate surface area is 208 Å². The van der Waals surface area contributed by atoms with E-state index in [4.69, 9.17) is 0 Å². The number of carbonyl (C=O) groups is 1. The number of pyridine rings is 1. The van der Waals surface area contributed by atoms with E-state index in [1.165, 1.54) is 0 Å². The predicted octanol–water partition coefficient (Wildman–Crippen LogP) is 5.44. The molecule has 0 radical (unpaired) electrons. The Balaban J connectivity index is 1.46. The van der Waals surface area contributed by atoms with Crippen molar-refractivity contribution >= 4 is 22.5 Å². The fourth-order valence-corrected chi connectivity index (χ4v) is 6.55. The van der Waals surface area contributed by atoms with Crippen LogP contribution in [-0.4, -0.2) is 46.2 Å². The van der Waals surface area contributed by atoms with E-state index in [1.54, 1.807) is 6.20 Å². The second-order valence-corrected chi connectivity index (χ2v) is 10.7. The van der Waals surface area contributed by atoms with Gasteiger partial charge in [-0.25, -0.2) is 0 Å². The van der Waals surface area contributed by atoms with Gasteiger partial charge < -0.3 is 14.9 Å². The maximum Gasteiger partial charge on any atom is 0.279 e. The number of nitrogens with zero attached hydrogens (tertiary/aromatic N) is 2. The van der Waals surface area contributed by atoms with Crippen molar-refractivity contribution in [3.8, 4) is 0 Å².